The standard InChI is InChI=1S/C14H18F4N2/c15-5-4-13(20-8-6-19-7-9-20)11-2-1-3-12(10-11)14(16,17)18/h1-3,10,13,19H,4-9H2/t13-/m1/s1. The van der Waals surface area contributed by atoms with Crippen molar-refractivity contribution >= 4 is 0 Å². The molecule has 6 heteroatoms. The predicted octanol–water partition coefficient (Wildman–Crippen LogP) is 3.01. The molecule has 1 fully saturated rings. The maximum absolute atomic E-state index is 12.8. The highest BCUT2D eigenvalue weighted by Crippen LogP contribution is 2.33. The van der Waals surface area contributed by atoms with Crippen molar-refractivity contribution in [1.29, 1.82) is 0 Å². The van der Waals surface area contributed by atoms with Gasteiger partial charge in [0.1, 0.15) is 0 Å². The van der Waals surface area contributed by atoms with Gasteiger partial charge in [0, 0.05) is 32.2 Å². The van der Waals surface area contributed by atoms with Crippen LogP contribution in [0, 0.1) is 0 Å². The molecule has 2 nitrogen and oxygen atoms in total. The largest absolute Gasteiger partial charge is 0.416 e. The van der Waals surface area contributed by atoms with Crippen molar-refractivity contribution in [3.63, 3.8) is 0 Å². The Morgan fingerprint density at radius 2 is 1.90 bits per heavy atom. The van der Waals surface area contributed by atoms with Crippen LogP contribution in [0.2, 0.25) is 0 Å². The lowest BCUT2D eigenvalue weighted by Gasteiger charge is -2.35. The third-order valence-electron chi connectivity index (χ3n) is 3.57. The molecule has 1 saturated heterocycles. The molecule has 0 spiro atoms. The van der Waals surface area contributed by atoms with Gasteiger partial charge in [0.05, 0.1) is 12.2 Å². The molecule has 0 radical (unpaired) electrons. The molecule has 2 rings (SSSR count). The number of halogens is 4. The average Bonchev–Trinajstić information content (AvgIpc) is 2.45. The van der Waals surface area contributed by atoms with Gasteiger partial charge in [-0.1, -0.05) is 12.1 Å². The molecule has 0 saturated carbocycles. The van der Waals surface area contributed by atoms with Gasteiger partial charge in [0.2, 0.25) is 0 Å². The number of hydrogen-bond donors (Lipinski definition) is 1. The predicted molar refractivity (Wildman–Crippen MR) is 69.2 cm³/mol. The van der Waals surface area contributed by atoms with Gasteiger partial charge in [-0.3, -0.25) is 9.29 Å². The van der Waals surface area contributed by atoms with E-state index in [0.717, 1.165) is 38.3 Å². The van der Waals surface area contributed by atoms with E-state index in [1.807, 2.05) is 4.90 Å². The van der Waals surface area contributed by atoms with Gasteiger partial charge in [0.25, 0.3) is 0 Å². The first-order valence-corrected chi connectivity index (χ1v) is 6.70. The molecule has 112 valence electrons. The van der Waals surface area contributed by atoms with Crippen molar-refractivity contribution in [3.8, 4) is 0 Å². The molecule has 0 aromatic heterocycles. The summed E-state index contributed by atoms with van der Waals surface area (Å²) in [5.74, 6) is 0. The second-order valence-electron chi connectivity index (χ2n) is 4.90. The van der Waals surface area contributed by atoms with Gasteiger partial charge in [-0.05, 0) is 24.1 Å². The third kappa shape index (κ3) is 3.70. The lowest BCUT2D eigenvalue weighted by Crippen LogP contribution is -2.45. The molecular formula is C14H18F4N2. The zero-order valence-corrected chi connectivity index (χ0v) is 11.1. The summed E-state index contributed by atoms with van der Waals surface area (Å²) in [7, 11) is 0. The Morgan fingerprint density at radius 1 is 1.20 bits per heavy atom. The van der Waals surface area contributed by atoms with E-state index in [4.69, 9.17) is 0 Å². The van der Waals surface area contributed by atoms with Crippen LogP contribution in [-0.4, -0.2) is 37.8 Å². The Kier molecular flexibility index (Phi) is 4.99. The van der Waals surface area contributed by atoms with Crippen molar-refractivity contribution in [3.05, 3.63) is 35.4 Å². The minimum atomic E-state index is -4.36. The van der Waals surface area contributed by atoms with E-state index in [9.17, 15) is 17.6 Å². The van der Waals surface area contributed by atoms with Crippen LogP contribution in [0.1, 0.15) is 23.6 Å². The summed E-state index contributed by atoms with van der Waals surface area (Å²) in [5, 5.41) is 3.18. The van der Waals surface area contributed by atoms with Gasteiger partial charge < -0.3 is 5.32 Å². The van der Waals surface area contributed by atoms with Crippen molar-refractivity contribution in [2.24, 2.45) is 0 Å². The quantitative estimate of drug-likeness (QED) is 0.858. The molecule has 1 atom stereocenters. The van der Waals surface area contributed by atoms with Crippen LogP contribution in [0.5, 0.6) is 0 Å². The lowest BCUT2D eigenvalue weighted by atomic mass is 9.99. The Hall–Kier alpha value is -1.14. The summed E-state index contributed by atoms with van der Waals surface area (Å²) in [4.78, 5) is 2.05. The Morgan fingerprint density at radius 3 is 2.50 bits per heavy atom. The minimum Gasteiger partial charge on any atom is -0.314 e. The maximum Gasteiger partial charge on any atom is 0.416 e. The van der Waals surface area contributed by atoms with Crippen molar-refractivity contribution in [2.75, 3.05) is 32.9 Å². The zero-order valence-electron chi connectivity index (χ0n) is 11.1. The molecule has 20 heavy (non-hydrogen) atoms. The molecular weight excluding hydrogens is 272 g/mol. The molecule has 0 aliphatic carbocycles. The summed E-state index contributed by atoms with van der Waals surface area (Å²) in [6, 6.07) is 4.95. The zero-order chi connectivity index (χ0) is 14.6. The van der Waals surface area contributed by atoms with Crippen molar-refractivity contribution in [2.45, 2.75) is 18.6 Å². The summed E-state index contributed by atoms with van der Waals surface area (Å²) >= 11 is 0. The van der Waals surface area contributed by atoms with Gasteiger partial charge in [-0.25, -0.2) is 0 Å². The third-order valence-corrected chi connectivity index (χ3v) is 3.57. The number of nitrogens with one attached hydrogen (secondary N) is 1. The van der Waals surface area contributed by atoms with Crippen LogP contribution in [0.25, 0.3) is 0 Å². The maximum atomic E-state index is 12.8. The second-order valence-corrected chi connectivity index (χ2v) is 4.90. The number of benzene rings is 1. The first-order valence-electron chi connectivity index (χ1n) is 6.70. The number of alkyl halides is 4. The van der Waals surface area contributed by atoms with E-state index in [-0.39, 0.29) is 12.5 Å². The van der Waals surface area contributed by atoms with E-state index in [0.29, 0.717) is 5.56 Å². The summed E-state index contributed by atoms with van der Waals surface area (Å²) in [6.07, 6.45) is -4.14. The fourth-order valence-corrected chi connectivity index (χ4v) is 2.58. The first-order chi connectivity index (χ1) is 9.52. The van der Waals surface area contributed by atoms with E-state index >= 15 is 0 Å². The van der Waals surface area contributed by atoms with Crippen LogP contribution >= 0.6 is 0 Å². The molecule has 1 aliphatic rings. The fraction of sp³-hybridized carbons (Fsp3) is 0.571. The average molecular weight is 290 g/mol. The molecule has 1 aromatic carbocycles. The number of nitrogens with zero attached hydrogens (tertiary/aromatic N) is 1. The van der Waals surface area contributed by atoms with Gasteiger partial charge in [0.15, 0.2) is 0 Å². The minimum absolute atomic E-state index is 0.224. The van der Waals surface area contributed by atoms with E-state index in [1.165, 1.54) is 6.07 Å². The van der Waals surface area contributed by atoms with Crippen molar-refractivity contribution < 1.29 is 17.6 Å². The Bertz CT molecular complexity index is 427. The fourth-order valence-electron chi connectivity index (χ4n) is 2.58. The molecule has 1 aromatic rings. The van der Waals surface area contributed by atoms with Crippen LogP contribution in [0.4, 0.5) is 17.6 Å². The van der Waals surface area contributed by atoms with Crippen molar-refractivity contribution in [1.82, 2.24) is 10.2 Å². The second kappa shape index (κ2) is 6.54. The summed E-state index contributed by atoms with van der Waals surface area (Å²) in [6.45, 7) is 2.47. The highest BCUT2D eigenvalue weighted by molar-refractivity contribution is 5.28. The topological polar surface area (TPSA) is 15.3 Å². The Balaban J connectivity index is 2.24. The normalized spacial score (nSPS) is 19.0. The van der Waals surface area contributed by atoms with Crippen LogP contribution < -0.4 is 5.32 Å². The van der Waals surface area contributed by atoms with Gasteiger partial charge in [-0.2, -0.15) is 13.2 Å². The Labute approximate surface area is 115 Å². The summed E-state index contributed by atoms with van der Waals surface area (Å²) < 4.78 is 51.0. The van der Waals surface area contributed by atoms with E-state index in [1.54, 1.807) is 6.07 Å². The van der Waals surface area contributed by atoms with Crippen LogP contribution in [0.3, 0.4) is 0 Å². The molecule has 1 N–H and O–H groups in total. The smallest absolute Gasteiger partial charge is 0.314 e. The highest BCUT2D eigenvalue weighted by Gasteiger charge is 2.31. The van der Waals surface area contributed by atoms with Crippen LogP contribution in [0.15, 0.2) is 24.3 Å². The number of hydrogen-bond acceptors (Lipinski definition) is 2. The molecule has 0 bridgehead atoms. The van der Waals surface area contributed by atoms with Gasteiger partial charge >= 0.3 is 6.18 Å². The molecule has 0 amide bonds. The monoisotopic (exact) mass is 290 g/mol. The summed E-state index contributed by atoms with van der Waals surface area (Å²) in [5.41, 5.74) is -0.131. The van der Waals surface area contributed by atoms with E-state index in [2.05, 4.69) is 5.32 Å². The molecule has 0 unspecified atom stereocenters. The molecule has 1 aliphatic heterocycles. The number of piperazine rings is 1. The molecule has 1 heterocycles. The highest BCUT2D eigenvalue weighted by atomic mass is 19.4. The number of rotatable bonds is 4. The van der Waals surface area contributed by atoms with Gasteiger partial charge in [-0.15, -0.1) is 0 Å². The van der Waals surface area contributed by atoms with E-state index < -0.39 is 18.4 Å². The lowest BCUT2D eigenvalue weighted by molar-refractivity contribution is -0.137. The SMILES string of the molecule is FCC[C@H](c1cccc(C(F)(F)F)c1)N1CCNCC1. The first kappa shape index (κ1) is 15.3. The van der Waals surface area contributed by atoms with Crippen LogP contribution in [-0.2, 0) is 6.18 Å².